The van der Waals surface area contributed by atoms with Crippen LogP contribution in [-0.4, -0.2) is 39.2 Å². The van der Waals surface area contributed by atoms with Gasteiger partial charge in [0.2, 0.25) is 5.91 Å². The van der Waals surface area contributed by atoms with Crippen LogP contribution in [0.25, 0.3) is 0 Å². The van der Waals surface area contributed by atoms with E-state index in [2.05, 4.69) is 10.1 Å². The lowest BCUT2D eigenvalue weighted by atomic mass is 10.2. The van der Waals surface area contributed by atoms with Crippen LogP contribution < -0.4 is 0 Å². The topological polar surface area (TPSA) is 51.0 Å². The molecular formula is C15H22N4OS. The van der Waals surface area contributed by atoms with Gasteiger partial charge in [-0.25, -0.2) is 4.98 Å². The van der Waals surface area contributed by atoms with E-state index < -0.39 is 0 Å². The van der Waals surface area contributed by atoms with E-state index in [-0.39, 0.29) is 5.91 Å². The molecule has 2 rings (SSSR count). The van der Waals surface area contributed by atoms with Crippen LogP contribution in [0.2, 0.25) is 0 Å². The van der Waals surface area contributed by atoms with Crippen LogP contribution in [0.3, 0.4) is 0 Å². The summed E-state index contributed by atoms with van der Waals surface area (Å²) in [6.45, 7) is 2.78. The fourth-order valence-corrected chi connectivity index (χ4v) is 3.00. The molecule has 0 bridgehead atoms. The van der Waals surface area contributed by atoms with E-state index in [1.54, 1.807) is 11.3 Å². The van der Waals surface area contributed by atoms with Gasteiger partial charge in [-0.2, -0.15) is 5.10 Å². The summed E-state index contributed by atoms with van der Waals surface area (Å²) >= 11 is 1.63. The van der Waals surface area contributed by atoms with Gasteiger partial charge in [-0.15, -0.1) is 11.3 Å². The van der Waals surface area contributed by atoms with Crippen LogP contribution in [0.4, 0.5) is 0 Å². The Bertz CT molecular complexity index is 590. The molecule has 5 nitrogen and oxygen atoms in total. The van der Waals surface area contributed by atoms with Crippen molar-refractivity contribution < 1.29 is 4.79 Å². The molecule has 0 radical (unpaired) electrons. The summed E-state index contributed by atoms with van der Waals surface area (Å²) in [5.41, 5.74) is 4.11. The van der Waals surface area contributed by atoms with Gasteiger partial charge in [0.15, 0.2) is 0 Å². The van der Waals surface area contributed by atoms with E-state index in [9.17, 15) is 4.79 Å². The van der Waals surface area contributed by atoms with E-state index in [0.29, 0.717) is 6.42 Å². The molecule has 0 aliphatic carbocycles. The van der Waals surface area contributed by atoms with Crippen molar-refractivity contribution in [3.8, 4) is 0 Å². The van der Waals surface area contributed by atoms with Gasteiger partial charge in [0.1, 0.15) is 0 Å². The van der Waals surface area contributed by atoms with Gasteiger partial charge in [-0.3, -0.25) is 9.48 Å². The second-order valence-electron chi connectivity index (χ2n) is 5.30. The molecule has 0 saturated carbocycles. The number of aryl methyl sites for hydroxylation is 4. The lowest BCUT2D eigenvalue weighted by Crippen LogP contribution is -2.28. The molecule has 2 aromatic heterocycles. The van der Waals surface area contributed by atoms with E-state index in [1.807, 2.05) is 48.5 Å². The van der Waals surface area contributed by atoms with Gasteiger partial charge in [0.25, 0.3) is 0 Å². The molecule has 0 aromatic carbocycles. The third-order valence-corrected chi connectivity index (χ3v) is 4.55. The summed E-state index contributed by atoms with van der Waals surface area (Å²) in [6, 6.07) is 0. The molecular weight excluding hydrogens is 284 g/mol. The van der Waals surface area contributed by atoms with E-state index in [0.717, 1.165) is 31.5 Å². The standard InChI is InChI=1S/C15H22N4OS/c1-12-14(21-11-16-12)6-7-15(20)18(2)8-4-5-13-9-17-19(3)10-13/h9-11H,4-8H2,1-3H3. The maximum atomic E-state index is 12.1. The SMILES string of the molecule is Cc1ncsc1CCC(=O)N(C)CCCc1cnn(C)c1. The molecule has 0 saturated heterocycles. The highest BCUT2D eigenvalue weighted by Gasteiger charge is 2.10. The largest absolute Gasteiger partial charge is 0.346 e. The minimum atomic E-state index is 0.203. The summed E-state index contributed by atoms with van der Waals surface area (Å²) in [5.74, 6) is 0.203. The normalized spacial score (nSPS) is 10.8. The molecule has 114 valence electrons. The number of hydrogen-bond acceptors (Lipinski definition) is 4. The molecule has 0 unspecified atom stereocenters. The zero-order valence-corrected chi connectivity index (χ0v) is 13.7. The second kappa shape index (κ2) is 7.36. The van der Waals surface area contributed by atoms with Crippen molar-refractivity contribution in [3.63, 3.8) is 0 Å². The lowest BCUT2D eigenvalue weighted by Gasteiger charge is -2.16. The van der Waals surface area contributed by atoms with Crippen LogP contribution >= 0.6 is 11.3 Å². The molecule has 0 fully saturated rings. The number of thiazole rings is 1. The Hall–Kier alpha value is -1.69. The number of rotatable bonds is 7. The molecule has 0 aliphatic heterocycles. The first-order chi connectivity index (χ1) is 10.1. The monoisotopic (exact) mass is 306 g/mol. The van der Waals surface area contributed by atoms with E-state index in [1.165, 1.54) is 10.4 Å². The molecule has 0 spiro atoms. The van der Waals surface area contributed by atoms with Gasteiger partial charge in [-0.05, 0) is 31.7 Å². The Kier molecular flexibility index (Phi) is 5.50. The fraction of sp³-hybridized carbons (Fsp3) is 0.533. The molecule has 2 aromatic rings. The number of aromatic nitrogens is 3. The summed E-state index contributed by atoms with van der Waals surface area (Å²) < 4.78 is 1.81. The predicted molar refractivity (Wildman–Crippen MR) is 84.3 cm³/mol. The van der Waals surface area contributed by atoms with Crippen LogP contribution in [-0.2, 0) is 24.7 Å². The van der Waals surface area contributed by atoms with Crippen LogP contribution in [0.1, 0.15) is 29.0 Å². The zero-order chi connectivity index (χ0) is 15.2. The fourth-order valence-electron chi connectivity index (χ4n) is 2.22. The van der Waals surface area contributed by atoms with Crippen LogP contribution in [0.15, 0.2) is 17.9 Å². The highest BCUT2D eigenvalue weighted by Crippen LogP contribution is 2.14. The van der Waals surface area contributed by atoms with Gasteiger partial charge >= 0.3 is 0 Å². The molecule has 1 amide bonds. The van der Waals surface area contributed by atoms with Crippen LogP contribution in [0, 0.1) is 6.92 Å². The summed E-state index contributed by atoms with van der Waals surface area (Å²) in [7, 11) is 3.80. The third-order valence-electron chi connectivity index (χ3n) is 3.55. The molecule has 0 atom stereocenters. The molecule has 2 heterocycles. The Labute approximate surface area is 129 Å². The number of nitrogens with zero attached hydrogens (tertiary/aromatic N) is 4. The summed E-state index contributed by atoms with van der Waals surface area (Å²) in [4.78, 5) is 19.3. The van der Waals surface area contributed by atoms with Crippen molar-refractivity contribution in [2.45, 2.75) is 32.6 Å². The third kappa shape index (κ3) is 4.67. The number of hydrogen-bond donors (Lipinski definition) is 0. The van der Waals surface area contributed by atoms with Crippen molar-refractivity contribution in [1.82, 2.24) is 19.7 Å². The smallest absolute Gasteiger partial charge is 0.222 e. The molecule has 0 N–H and O–H groups in total. The molecule has 21 heavy (non-hydrogen) atoms. The average molecular weight is 306 g/mol. The summed E-state index contributed by atoms with van der Waals surface area (Å²) in [6.07, 6.45) is 7.18. The zero-order valence-electron chi connectivity index (χ0n) is 12.9. The van der Waals surface area contributed by atoms with Gasteiger partial charge in [-0.1, -0.05) is 0 Å². The maximum absolute atomic E-state index is 12.1. The van der Waals surface area contributed by atoms with E-state index in [4.69, 9.17) is 0 Å². The maximum Gasteiger partial charge on any atom is 0.222 e. The first-order valence-corrected chi connectivity index (χ1v) is 8.04. The lowest BCUT2D eigenvalue weighted by molar-refractivity contribution is -0.129. The quantitative estimate of drug-likeness (QED) is 0.788. The molecule has 0 aliphatic rings. The van der Waals surface area contributed by atoms with Crippen molar-refractivity contribution in [3.05, 3.63) is 34.0 Å². The van der Waals surface area contributed by atoms with Gasteiger partial charge in [0.05, 0.1) is 17.4 Å². The first kappa shape index (κ1) is 15.7. The average Bonchev–Trinajstić information content (AvgIpc) is 3.05. The number of carbonyl (C=O) groups is 1. The minimum absolute atomic E-state index is 0.203. The number of carbonyl (C=O) groups excluding carboxylic acids is 1. The highest BCUT2D eigenvalue weighted by atomic mass is 32.1. The van der Waals surface area contributed by atoms with Crippen LogP contribution in [0.5, 0.6) is 0 Å². The predicted octanol–water partition coefficient (Wildman–Crippen LogP) is 2.21. The summed E-state index contributed by atoms with van der Waals surface area (Å²) in [5, 5.41) is 4.15. The number of amides is 1. The van der Waals surface area contributed by atoms with E-state index >= 15 is 0 Å². The Morgan fingerprint density at radius 2 is 2.24 bits per heavy atom. The Balaban J connectivity index is 1.69. The minimum Gasteiger partial charge on any atom is -0.346 e. The highest BCUT2D eigenvalue weighted by molar-refractivity contribution is 7.09. The molecule has 6 heteroatoms. The Morgan fingerprint density at radius 3 is 2.86 bits per heavy atom. The van der Waals surface area contributed by atoms with Crippen molar-refractivity contribution >= 4 is 17.2 Å². The first-order valence-electron chi connectivity index (χ1n) is 7.16. The second-order valence-corrected chi connectivity index (χ2v) is 6.24. The van der Waals surface area contributed by atoms with Crippen molar-refractivity contribution in [2.24, 2.45) is 7.05 Å². The van der Waals surface area contributed by atoms with Gasteiger partial charge in [0, 0.05) is 38.1 Å². The van der Waals surface area contributed by atoms with Crippen molar-refractivity contribution in [2.75, 3.05) is 13.6 Å². The van der Waals surface area contributed by atoms with Crippen molar-refractivity contribution in [1.29, 1.82) is 0 Å². The Morgan fingerprint density at radius 1 is 1.43 bits per heavy atom. The van der Waals surface area contributed by atoms with Gasteiger partial charge < -0.3 is 4.90 Å².